The van der Waals surface area contributed by atoms with Crippen molar-refractivity contribution in [3.63, 3.8) is 0 Å². The number of carbonyl (C=O) groups excluding carboxylic acids is 2. The fraction of sp³-hybridized carbons (Fsp3) is 0.0625. The number of benzene rings is 2. The van der Waals surface area contributed by atoms with Gasteiger partial charge in [-0.3, -0.25) is 14.8 Å². The van der Waals surface area contributed by atoms with Gasteiger partial charge in [0.15, 0.2) is 0 Å². The average molecular weight is 351 g/mol. The maximum Gasteiger partial charge on any atom is 0.274 e. The molecule has 0 spiro atoms. The first-order chi connectivity index (χ1) is 11.9. The molecule has 0 unspecified atom stereocenters. The lowest BCUT2D eigenvalue weighted by Gasteiger charge is -2.06. The van der Waals surface area contributed by atoms with Crippen LogP contribution >= 0.6 is 0 Å². The smallest absolute Gasteiger partial charge is 0.274 e. The molecule has 0 heterocycles. The highest BCUT2D eigenvalue weighted by atomic mass is 19.3. The molecule has 0 bridgehead atoms. The van der Waals surface area contributed by atoms with E-state index in [0.29, 0.717) is 0 Å². The number of carbonyl (C=O) groups is 2. The third kappa shape index (κ3) is 4.42. The Kier molecular flexibility index (Phi) is 5.85. The first kappa shape index (κ1) is 18.1. The van der Waals surface area contributed by atoms with E-state index in [0.717, 1.165) is 18.3 Å². The molecule has 2 aromatic rings. The van der Waals surface area contributed by atoms with Gasteiger partial charge < -0.3 is 0 Å². The number of alkyl halides is 2. The lowest BCUT2D eigenvalue weighted by Crippen LogP contribution is -2.20. The summed E-state index contributed by atoms with van der Waals surface area (Å²) in [7, 11) is 0. The highest BCUT2D eigenvalue weighted by Crippen LogP contribution is 2.22. The zero-order valence-electron chi connectivity index (χ0n) is 12.5. The van der Waals surface area contributed by atoms with Gasteiger partial charge in [0.2, 0.25) is 0 Å². The van der Waals surface area contributed by atoms with E-state index in [1.165, 1.54) is 35.8 Å². The van der Waals surface area contributed by atoms with E-state index in [1.807, 2.05) is 5.43 Å². The van der Waals surface area contributed by atoms with Crippen LogP contribution < -0.4 is 10.9 Å². The number of hydrogen-bond acceptors (Lipinski definition) is 4. The van der Waals surface area contributed by atoms with E-state index in [9.17, 15) is 22.8 Å². The Morgan fingerprint density at radius 3 is 2.48 bits per heavy atom. The predicted molar refractivity (Wildman–Crippen MR) is 82.1 cm³/mol. The summed E-state index contributed by atoms with van der Waals surface area (Å²) in [6, 6.07) is 8.42. The van der Waals surface area contributed by atoms with Crippen LogP contribution in [0.1, 0.15) is 38.3 Å². The second kappa shape index (κ2) is 8.06. The molecule has 2 amide bonds. The van der Waals surface area contributed by atoms with Crippen molar-refractivity contribution in [2.75, 3.05) is 0 Å². The molecule has 0 aliphatic heterocycles. The van der Waals surface area contributed by atoms with Crippen molar-refractivity contribution in [1.82, 2.24) is 10.9 Å². The summed E-state index contributed by atoms with van der Waals surface area (Å²) in [4.78, 5) is 23.0. The third-order valence-electron chi connectivity index (χ3n) is 3.17. The molecule has 2 aromatic carbocycles. The topological polar surface area (TPSA) is 90.8 Å². The van der Waals surface area contributed by atoms with Crippen molar-refractivity contribution in [2.24, 2.45) is 5.10 Å². The van der Waals surface area contributed by atoms with Crippen LogP contribution in [0.15, 0.2) is 47.6 Å². The maximum atomic E-state index is 13.8. The van der Waals surface area contributed by atoms with Gasteiger partial charge >= 0.3 is 0 Å². The number of rotatable bonds is 5. The lowest BCUT2D eigenvalue weighted by atomic mass is 10.1. The Morgan fingerprint density at radius 1 is 1.12 bits per heavy atom. The molecule has 0 saturated heterocycles. The normalized spacial score (nSPS) is 10.9. The van der Waals surface area contributed by atoms with Gasteiger partial charge in [-0.25, -0.2) is 24.1 Å². The summed E-state index contributed by atoms with van der Waals surface area (Å²) in [5, 5.41) is 12.0. The molecule has 6 nitrogen and oxygen atoms in total. The number of nitrogens with one attached hydrogen (secondary N) is 2. The minimum atomic E-state index is -2.83. The molecule has 0 aromatic heterocycles. The fourth-order valence-electron chi connectivity index (χ4n) is 1.95. The van der Waals surface area contributed by atoms with E-state index >= 15 is 0 Å². The van der Waals surface area contributed by atoms with Crippen LogP contribution in [-0.4, -0.2) is 23.2 Å². The summed E-state index contributed by atoms with van der Waals surface area (Å²) in [6.45, 7) is 0. The molecule has 25 heavy (non-hydrogen) atoms. The molecule has 0 aliphatic carbocycles. The molecule has 0 saturated carbocycles. The number of hydrazone groups is 1. The Labute approximate surface area is 139 Å². The Balaban J connectivity index is 2.11. The molecule has 3 N–H and O–H groups in total. The first-order valence-corrected chi connectivity index (χ1v) is 6.88. The zero-order valence-corrected chi connectivity index (χ0v) is 12.5. The highest BCUT2D eigenvalue weighted by Gasteiger charge is 2.17. The second-order valence-corrected chi connectivity index (χ2v) is 4.76. The summed E-state index contributed by atoms with van der Waals surface area (Å²) in [6.07, 6.45) is -1.87. The zero-order chi connectivity index (χ0) is 18.4. The van der Waals surface area contributed by atoms with Crippen molar-refractivity contribution in [1.29, 1.82) is 0 Å². The average Bonchev–Trinajstić information content (AvgIpc) is 2.62. The standard InChI is InChI=1S/C16H12F3N3O3/c17-13-7-9(15(23)22-25)5-6-10(13)8-20-21-16(24)12-4-2-1-3-11(12)14(18)19/h1-8,14,25H,(H,21,24)(H,22,23). The van der Waals surface area contributed by atoms with Crippen LogP contribution in [0.25, 0.3) is 0 Å². The molecule has 9 heteroatoms. The van der Waals surface area contributed by atoms with Crippen molar-refractivity contribution in [2.45, 2.75) is 6.43 Å². The number of hydrogen-bond donors (Lipinski definition) is 3. The number of halogens is 3. The molecule has 130 valence electrons. The number of hydroxylamine groups is 1. The molecular formula is C16H12F3N3O3. The number of amides is 2. The van der Waals surface area contributed by atoms with Crippen LogP contribution in [0.5, 0.6) is 0 Å². The van der Waals surface area contributed by atoms with Crippen molar-refractivity contribution >= 4 is 18.0 Å². The van der Waals surface area contributed by atoms with Crippen LogP contribution in [0.2, 0.25) is 0 Å². The van der Waals surface area contributed by atoms with Gasteiger partial charge in [0, 0.05) is 16.7 Å². The maximum absolute atomic E-state index is 13.8. The lowest BCUT2D eigenvalue weighted by molar-refractivity contribution is 0.0706. The van der Waals surface area contributed by atoms with Gasteiger partial charge in [0.05, 0.1) is 11.8 Å². The minimum Gasteiger partial charge on any atom is -0.288 e. The first-order valence-electron chi connectivity index (χ1n) is 6.88. The van der Waals surface area contributed by atoms with Gasteiger partial charge in [-0.15, -0.1) is 0 Å². The van der Waals surface area contributed by atoms with Gasteiger partial charge in [0.25, 0.3) is 18.2 Å². The monoisotopic (exact) mass is 351 g/mol. The molecule has 0 fully saturated rings. The van der Waals surface area contributed by atoms with E-state index in [1.54, 1.807) is 0 Å². The molecular weight excluding hydrogens is 339 g/mol. The van der Waals surface area contributed by atoms with Gasteiger partial charge in [0.1, 0.15) is 5.82 Å². The highest BCUT2D eigenvalue weighted by molar-refractivity contribution is 5.97. The van der Waals surface area contributed by atoms with Crippen LogP contribution in [0.3, 0.4) is 0 Å². The van der Waals surface area contributed by atoms with Crippen molar-refractivity contribution in [3.8, 4) is 0 Å². The largest absolute Gasteiger partial charge is 0.288 e. The number of nitrogens with zero attached hydrogens (tertiary/aromatic N) is 1. The van der Waals surface area contributed by atoms with E-state index in [-0.39, 0.29) is 16.7 Å². The predicted octanol–water partition coefficient (Wildman–Crippen LogP) is 2.65. The van der Waals surface area contributed by atoms with Crippen LogP contribution in [-0.2, 0) is 0 Å². The second-order valence-electron chi connectivity index (χ2n) is 4.76. The Bertz CT molecular complexity index is 825. The Morgan fingerprint density at radius 2 is 1.84 bits per heavy atom. The minimum absolute atomic E-state index is 0.0584. The molecule has 0 radical (unpaired) electrons. The molecule has 0 aliphatic rings. The van der Waals surface area contributed by atoms with Crippen molar-refractivity contribution in [3.05, 3.63) is 70.5 Å². The summed E-state index contributed by atoms with van der Waals surface area (Å²) in [5.74, 6) is -2.59. The van der Waals surface area contributed by atoms with Gasteiger partial charge in [-0.05, 0) is 24.3 Å². The summed E-state index contributed by atoms with van der Waals surface area (Å²) < 4.78 is 39.5. The fourth-order valence-corrected chi connectivity index (χ4v) is 1.95. The Hall–Kier alpha value is -3.20. The molecule has 0 atom stereocenters. The van der Waals surface area contributed by atoms with Crippen LogP contribution in [0, 0.1) is 5.82 Å². The van der Waals surface area contributed by atoms with Crippen molar-refractivity contribution < 1.29 is 28.0 Å². The molecule has 2 rings (SSSR count). The van der Waals surface area contributed by atoms with Crippen LogP contribution in [0.4, 0.5) is 13.2 Å². The summed E-state index contributed by atoms with van der Waals surface area (Å²) in [5.41, 5.74) is 2.52. The van der Waals surface area contributed by atoms with E-state index in [2.05, 4.69) is 5.10 Å². The summed E-state index contributed by atoms with van der Waals surface area (Å²) >= 11 is 0. The van der Waals surface area contributed by atoms with E-state index < -0.39 is 29.6 Å². The quantitative estimate of drug-likeness (QED) is 0.439. The SMILES string of the molecule is O=C(NO)c1ccc(C=NNC(=O)c2ccccc2C(F)F)c(F)c1. The van der Waals surface area contributed by atoms with Gasteiger partial charge in [-0.2, -0.15) is 5.10 Å². The van der Waals surface area contributed by atoms with Gasteiger partial charge in [-0.1, -0.05) is 18.2 Å². The third-order valence-corrected chi connectivity index (χ3v) is 3.17. The van der Waals surface area contributed by atoms with E-state index in [4.69, 9.17) is 5.21 Å².